The van der Waals surface area contributed by atoms with Crippen molar-refractivity contribution < 1.29 is 22.7 Å². The molecule has 0 spiro atoms. The highest BCUT2D eigenvalue weighted by Gasteiger charge is 2.30. The van der Waals surface area contributed by atoms with Crippen LogP contribution in [0.25, 0.3) is 0 Å². The van der Waals surface area contributed by atoms with Gasteiger partial charge >= 0.3 is 0 Å². The molecule has 0 saturated heterocycles. The minimum absolute atomic E-state index is 0.0350. The van der Waals surface area contributed by atoms with Gasteiger partial charge in [0.1, 0.15) is 22.9 Å². The van der Waals surface area contributed by atoms with Crippen molar-refractivity contribution in [2.45, 2.75) is 11.8 Å². The molecule has 0 aliphatic heterocycles. The van der Waals surface area contributed by atoms with Crippen LogP contribution in [-0.4, -0.2) is 35.1 Å². The molecule has 168 valence electrons. The number of benzene rings is 3. The van der Waals surface area contributed by atoms with Crippen molar-refractivity contribution in [3.05, 3.63) is 77.3 Å². The standard InChI is InChI=1S/C23H23ClN2O5S/c1-16-4-13-21(31-3)22(14-16)32(28,29)26(19-9-5-17(24)6-10-19)15-23(27)25-18-7-11-20(30-2)12-8-18/h4-14H,15H2,1-3H3,(H,25,27). The summed E-state index contributed by atoms with van der Waals surface area (Å²) in [4.78, 5) is 12.8. The van der Waals surface area contributed by atoms with Gasteiger partial charge < -0.3 is 14.8 Å². The van der Waals surface area contributed by atoms with E-state index in [-0.39, 0.29) is 10.6 Å². The molecule has 1 N–H and O–H groups in total. The van der Waals surface area contributed by atoms with Crippen molar-refractivity contribution in [1.29, 1.82) is 0 Å². The average Bonchev–Trinajstić information content (AvgIpc) is 2.78. The Morgan fingerprint density at radius 1 is 0.969 bits per heavy atom. The first-order valence-corrected chi connectivity index (χ1v) is 11.4. The Balaban J connectivity index is 1.97. The second-order valence-electron chi connectivity index (χ2n) is 6.92. The quantitative estimate of drug-likeness (QED) is 0.519. The van der Waals surface area contributed by atoms with Crippen molar-refractivity contribution in [2.24, 2.45) is 0 Å². The molecule has 3 aromatic rings. The number of amides is 1. The summed E-state index contributed by atoms with van der Waals surface area (Å²) < 4.78 is 38.7. The third kappa shape index (κ3) is 5.33. The number of rotatable bonds is 8. The molecule has 0 saturated carbocycles. The van der Waals surface area contributed by atoms with E-state index in [9.17, 15) is 13.2 Å². The molecule has 1 amide bonds. The first-order chi connectivity index (χ1) is 15.2. The molecular weight excluding hydrogens is 452 g/mol. The van der Waals surface area contributed by atoms with Crippen molar-refractivity contribution in [3.8, 4) is 11.5 Å². The number of sulfonamides is 1. The summed E-state index contributed by atoms with van der Waals surface area (Å²) in [6.45, 7) is 1.33. The number of halogens is 1. The van der Waals surface area contributed by atoms with Gasteiger partial charge in [-0.15, -0.1) is 0 Å². The van der Waals surface area contributed by atoms with Crippen LogP contribution in [0.2, 0.25) is 5.02 Å². The molecule has 7 nitrogen and oxygen atoms in total. The van der Waals surface area contributed by atoms with Gasteiger partial charge in [-0.05, 0) is 73.2 Å². The zero-order valence-electron chi connectivity index (χ0n) is 17.8. The second kappa shape index (κ2) is 9.93. The Kier molecular flexibility index (Phi) is 7.27. The summed E-state index contributed by atoms with van der Waals surface area (Å²) in [5.41, 5.74) is 1.54. The lowest BCUT2D eigenvalue weighted by molar-refractivity contribution is -0.114. The molecule has 0 heterocycles. The molecule has 0 atom stereocenters. The summed E-state index contributed by atoms with van der Waals surface area (Å²) in [5, 5.41) is 3.16. The van der Waals surface area contributed by atoms with Crippen molar-refractivity contribution in [3.63, 3.8) is 0 Å². The van der Waals surface area contributed by atoms with Crippen molar-refractivity contribution >= 4 is 38.9 Å². The fourth-order valence-electron chi connectivity index (χ4n) is 3.03. The predicted molar refractivity (Wildman–Crippen MR) is 125 cm³/mol. The fourth-order valence-corrected chi connectivity index (χ4v) is 4.82. The first-order valence-electron chi connectivity index (χ1n) is 9.61. The van der Waals surface area contributed by atoms with E-state index in [2.05, 4.69) is 5.32 Å². The third-order valence-corrected chi connectivity index (χ3v) is 6.71. The van der Waals surface area contributed by atoms with Gasteiger partial charge in [-0.25, -0.2) is 8.42 Å². The number of nitrogens with zero attached hydrogens (tertiary/aromatic N) is 1. The molecule has 0 aromatic heterocycles. The summed E-state index contributed by atoms with van der Waals surface area (Å²) in [6.07, 6.45) is 0. The third-order valence-electron chi connectivity index (χ3n) is 4.66. The summed E-state index contributed by atoms with van der Waals surface area (Å²) in [7, 11) is -1.21. The van der Waals surface area contributed by atoms with Crippen LogP contribution < -0.4 is 19.1 Å². The van der Waals surface area contributed by atoms with Gasteiger partial charge in [0.25, 0.3) is 10.0 Å². The van der Waals surface area contributed by atoms with Crippen LogP contribution in [0.3, 0.4) is 0 Å². The molecule has 0 aliphatic rings. The smallest absolute Gasteiger partial charge is 0.268 e. The molecule has 0 unspecified atom stereocenters. The van der Waals surface area contributed by atoms with E-state index < -0.39 is 22.5 Å². The number of hydrogen-bond donors (Lipinski definition) is 1. The van der Waals surface area contributed by atoms with Crippen LogP contribution >= 0.6 is 11.6 Å². The highest BCUT2D eigenvalue weighted by molar-refractivity contribution is 7.93. The number of methoxy groups -OCH3 is 2. The largest absolute Gasteiger partial charge is 0.497 e. The van der Waals surface area contributed by atoms with Crippen LogP contribution in [0.15, 0.2) is 71.6 Å². The van der Waals surface area contributed by atoms with Gasteiger partial charge in [-0.3, -0.25) is 9.10 Å². The minimum atomic E-state index is -4.15. The lowest BCUT2D eigenvalue weighted by Crippen LogP contribution is -2.38. The van der Waals surface area contributed by atoms with Crippen LogP contribution in [0, 0.1) is 6.92 Å². The summed E-state index contributed by atoms with van der Waals surface area (Å²) >= 11 is 5.98. The molecule has 0 radical (unpaired) electrons. The maximum absolute atomic E-state index is 13.6. The Bertz CT molecular complexity index is 1200. The van der Waals surface area contributed by atoms with Crippen LogP contribution in [0.4, 0.5) is 11.4 Å². The number of anilines is 2. The molecule has 0 fully saturated rings. The van der Waals surface area contributed by atoms with Crippen LogP contribution in [0.1, 0.15) is 5.56 Å². The molecule has 3 aromatic carbocycles. The van der Waals surface area contributed by atoms with E-state index in [1.54, 1.807) is 74.7 Å². The molecule has 32 heavy (non-hydrogen) atoms. The van der Waals surface area contributed by atoms with Gasteiger partial charge in [0.05, 0.1) is 19.9 Å². The van der Waals surface area contributed by atoms with Gasteiger partial charge in [-0.1, -0.05) is 17.7 Å². The maximum atomic E-state index is 13.6. The fraction of sp³-hybridized carbons (Fsp3) is 0.174. The minimum Gasteiger partial charge on any atom is -0.497 e. The zero-order valence-corrected chi connectivity index (χ0v) is 19.4. The predicted octanol–water partition coefficient (Wildman–Crippen LogP) is 4.50. The molecular formula is C23H23ClN2O5S. The van der Waals surface area contributed by atoms with Gasteiger partial charge in [0.15, 0.2) is 0 Å². The van der Waals surface area contributed by atoms with E-state index in [4.69, 9.17) is 21.1 Å². The van der Waals surface area contributed by atoms with Gasteiger partial charge in [0.2, 0.25) is 5.91 Å². The van der Waals surface area contributed by atoms with E-state index >= 15 is 0 Å². The maximum Gasteiger partial charge on any atom is 0.268 e. The second-order valence-corrected chi connectivity index (χ2v) is 9.19. The zero-order chi connectivity index (χ0) is 23.3. The Hall–Kier alpha value is -3.23. The first kappa shape index (κ1) is 23.4. The highest BCUT2D eigenvalue weighted by atomic mass is 35.5. The molecule has 9 heteroatoms. The number of nitrogens with one attached hydrogen (secondary N) is 1. The van der Waals surface area contributed by atoms with Gasteiger partial charge in [0, 0.05) is 10.7 Å². The van der Waals surface area contributed by atoms with Crippen LogP contribution in [-0.2, 0) is 14.8 Å². The van der Waals surface area contributed by atoms with Crippen LogP contribution in [0.5, 0.6) is 11.5 Å². The lowest BCUT2D eigenvalue weighted by Gasteiger charge is -2.25. The molecule has 3 rings (SSSR count). The number of aryl methyl sites for hydroxylation is 1. The SMILES string of the molecule is COc1ccc(NC(=O)CN(c2ccc(Cl)cc2)S(=O)(=O)c2cc(C)ccc2OC)cc1. The highest BCUT2D eigenvalue weighted by Crippen LogP contribution is 2.31. The number of ether oxygens (including phenoxy) is 2. The lowest BCUT2D eigenvalue weighted by atomic mass is 10.2. The monoisotopic (exact) mass is 474 g/mol. The van der Waals surface area contributed by atoms with Crippen molar-refractivity contribution in [1.82, 2.24) is 0 Å². The van der Waals surface area contributed by atoms with E-state index in [1.165, 1.54) is 13.2 Å². The average molecular weight is 475 g/mol. The summed E-state index contributed by atoms with van der Waals surface area (Å²) in [6, 6.07) is 17.8. The molecule has 0 bridgehead atoms. The Morgan fingerprint density at radius 3 is 2.22 bits per heavy atom. The number of carbonyl (C=O) groups excluding carboxylic acids is 1. The Labute approximate surface area is 192 Å². The summed E-state index contributed by atoms with van der Waals surface area (Å²) in [5.74, 6) is 0.311. The normalized spacial score (nSPS) is 11.0. The van der Waals surface area contributed by atoms with Gasteiger partial charge in [-0.2, -0.15) is 0 Å². The Morgan fingerprint density at radius 2 is 1.62 bits per heavy atom. The van der Waals surface area contributed by atoms with Crippen molar-refractivity contribution in [2.75, 3.05) is 30.4 Å². The van der Waals surface area contributed by atoms with E-state index in [0.717, 1.165) is 9.87 Å². The topological polar surface area (TPSA) is 84.9 Å². The molecule has 0 aliphatic carbocycles. The van der Waals surface area contributed by atoms with E-state index in [0.29, 0.717) is 22.1 Å². The number of carbonyl (C=O) groups is 1. The number of hydrogen-bond acceptors (Lipinski definition) is 5. The van der Waals surface area contributed by atoms with E-state index in [1.807, 2.05) is 0 Å².